The highest BCUT2D eigenvalue weighted by atomic mass is 16.6. The van der Waals surface area contributed by atoms with Crippen LogP contribution in [0, 0.1) is 0 Å². The molecule has 42 heavy (non-hydrogen) atoms. The standard InChI is InChI=1S/C35H43N3O4/c1-26(28-14-9-6-10-15-28)38(34(40)41-25-27-12-7-5-8-13-27)30-19-18-29-16-11-17-32(31(29)24-30)36-20-22-37(23-21-36)33(39)42-35(2,3)4/h5-17,26,30H,18-25H2,1-4H3/t26-,30?/m0/s1. The fourth-order valence-corrected chi connectivity index (χ4v) is 6.05. The maximum Gasteiger partial charge on any atom is 0.410 e. The summed E-state index contributed by atoms with van der Waals surface area (Å²) in [6, 6.07) is 26.4. The molecule has 3 aromatic carbocycles. The van der Waals surface area contributed by atoms with Gasteiger partial charge in [-0.2, -0.15) is 0 Å². The Bertz CT molecular complexity index is 1350. The Kier molecular flexibility index (Phi) is 9.05. The van der Waals surface area contributed by atoms with Gasteiger partial charge in [-0.25, -0.2) is 9.59 Å². The highest BCUT2D eigenvalue weighted by Crippen LogP contribution is 2.36. The van der Waals surface area contributed by atoms with Gasteiger partial charge in [0.2, 0.25) is 0 Å². The van der Waals surface area contributed by atoms with Crippen LogP contribution < -0.4 is 4.90 Å². The fourth-order valence-electron chi connectivity index (χ4n) is 6.05. The monoisotopic (exact) mass is 569 g/mol. The lowest BCUT2D eigenvalue weighted by Gasteiger charge is -2.41. The SMILES string of the molecule is C[C@@H](c1ccccc1)N(C(=O)OCc1ccccc1)C1CCc2cccc(N3CCN(C(=O)OC(C)(C)C)CC3)c2C1. The number of hydrogen-bond donors (Lipinski definition) is 0. The van der Waals surface area contributed by atoms with Crippen molar-refractivity contribution in [1.29, 1.82) is 0 Å². The molecule has 2 atom stereocenters. The van der Waals surface area contributed by atoms with E-state index in [0.717, 1.165) is 43.5 Å². The summed E-state index contributed by atoms with van der Waals surface area (Å²) in [5.41, 5.74) is 5.38. The Balaban J connectivity index is 1.34. The number of fused-ring (bicyclic) bond motifs is 1. The Morgan fingerprint density at radius 3 is 2.24 bits per heavy atom. The zero-order valence-electron chi connectivity index (χ0n) is 25.3. The molecule has 2 amide bonds. The molecule has 0 spiro atoms. The normalized spacial score (nSPS) is 17.7. The van der Waals surface area contributed by atoms with Gasteiger partial charge in [-0.05, 0) is 75.3 Å². The minimum atomic E-state index is -0.507. The third kappa shape index (κ3) is 7.07. The first-order chi connectivity index (χ1) is 20.2. The first kappa shape index (κ1) is 29.5. The molecule has 1 saturated heterocycles. The number of amides is 2. The molecule has 1 aliphatic heterocycles. The van der Waals surface area contributed by atoms with E-state index in [9.17, 15) is 9.59 Å². The second kappa shape index (κ2) is 12.9. The van der Waals surface area contributed by atoms with Crippen molar-refractivity contribution in [2.24, 2.45) is 0 Å². The van der Waals surface area contributed by atoms with Crippen LogP contribution in [0.2, 0.25) is 0 Å². The summed E-state index contributed by atoms with van der Waals surface area (Å²) in [6.07, 6.45) is 2.00. The van der Waals surface area contributed by atoms with E-state index in [1.54, 1.807) is 4.90 Å². The van der Waals surface area contributed by atoms with E-state index < -0.39 is 5.60 Å². The lowest BCUT2D eigenvalue weighted by atomic mass is 9.85. The number of anilines is 1. The summed E-state index contributed by atoms with van der Waals surface area (Å²) < 4.78 is 11.5. The number of benzene rings is 3. The van der Waals surface area contributed by atoms with E-state index in [0.29, 0.717) is 13.1 Å². The second-order valence-corrected chi connectivity index (χ2v) is 12.3. The van der Waals surface area contributed by atoms with Crippen LogP contribution in [0.25, 0.3) is 0 Å². The van der Waals surface area contributed by atoms with Crippen LogP contribution in [0.5, 0.6) is 0 Å². The number of carbonyl (C=O) groups is 2. The highest BCUT2D eigenvalue weighted by molar-refractivity contribution is 5.70. The molecule has 1 aliphatic carbocycles. The minimum absolute atomic E-state index is 0.000168. The van der Waals surface area contributed by atoms with E-state index in [2.05, 4.69) is 42.2 Å². The van der Waals surface area contributed by atoms with Crippen LogP contribution in [0.3, 0.4) is 0 Å². The molecule has 0 bridgehead atoms. The number of ether oxygens (including phenoxy) is 2. The van der Waals surface area contributed by atoms with Gasteiger partial charge in [-0.3, -0.25) is 4.90 Å². The molecule has 5 rings (SSSR count). The van der Waals surface area contributed by atoms with Crippen LogP contribution in [-0.2, 0) is 28.9 Å². The zero-order chi connectivity index (χ0) is 29.7. The van der Waals surface area contributed by atoms with Crippen LogP contribution >= 0.6 is 0 Å². The van der Waals surface area contributed by atoms with E-state index >= 15 is 0 Å². The van der Waals surface area contributed by atoms with Crippen LogP contribution in [0.4, 0.5) is 15.3 Å². The summed E-state index contributed by atoms with van der Waals surface area (Å²) in [4.78, 5) is 32.5. The number of carbonyl (C=O) groups excluding carboxylic acids is 2. The summed E-state index contributed by atoms with van der Waals surface area (Å²) in [6.45, 7) is 10.7. The Morgan fingerprint density at radius 1 is 0.905 bits per heavy atom. The molecule has 0 radical (unpaired) electrons. The predicted molar refractivity (Wildman–Crippen MR) is 166 cm³/mol. The molecular weight excluding hydrogens is 526 g/mol. The van der Waals surface area contributed by atoms with Gasteiger partial charge in [0.1, 0.15) is 12.2 Å². The highest BCUT2D eigenvalue weighted by Gasteiger charge is 2.35. The van der Waals surface area contributed by atoms with Crippen molar-refractivity contribution in [2.45, 2.75) is 71.2 Å². The molecule has 2 aliphatic rings. The fraction of sp³-hybridized carbons (Fsp3) is 0.429. The number of aryl methyl sites for hydroxylation is 1. The van der Waals surface area contributed by atoms with Crippen molar-refractivity contribution in [1.82, 2.24) is 9.80 Å². The Morgan fingerprint density at radius 2 is 1.57 bits per heavy atom. The van der Waals surface area contributed by atoms with Crippen molar-refractivity contribution in [3.8, 4) is 0 Å². The van der Waals surface area contributed by atoms with Crippen molar-refractivity contribution in [3.63, 3.8) is 0 Å². The summed E-state index contributed by atoms with van der Waals surface area (Å²) in [7, 11) is 0. The number of nitrogens with zero attached hydrogens (tertiary/aromatic N) is 3. The van der Waals surface area contributed by atoms with Crippen LogP contribution in [0.15, 0.2) is 78.9 Å². The van der Waals surface area contributed by atoms with Crippen molar-refractivity contribution >= 4 is 17.9 Å². The molecule has 3 aromatic rings. The quantitative estimate of drug-likeness (QED) is 0.320. The second-order valence-electron chi connectivity index (χ2n) is 12.3. The van der Waals surface area contributed by atoms with E-state index in [1.165, 1.54) is 16.8 Å². The number of piperazine rings is 1. The molecule has 1 fully saturated rings. The molecule has 0 aromatic heterocycles. The zero-order valence-corrected chi connectivity index (χ0v) is 25.3. The molecular formula is C35H43N3O4. The van der Waals surface area contributed by atoms with Gasteiger partial charge in [0, 0.05) is 37.9 Å². The van der Waals surface area contributed by atoms with E-state index in [-0.39, 0.29) is 30.9 Å². The average Bonchev–Trinajstić information content (AvgIpc) is 3.00. The predicted octanol–water partition coefficient (Wildman–Crippen LogP) is 7.00. The van der Waals surface area contributed by atoms with Crippen molar-refractivity contribution in [3.05, 3.63) is 101 Å². The molecule has 1 unspecified atom stereocenters. The van der Waals surface area contributed by atoms with Crippen molar-refractivity contribution in [2.75, 3.05) is 31.1 Å². The number of rotatable bonds is 6. The van der Waals surface area contributed by atoms with Gasteiger partial charge >= 0.3 is 12.2 Å². The first-order valence-corrected chi connectivity index (χ1v) is 15.1. The maximum atomic E-state index is 13.8. The Hall–Kier alpha value is -4.00. The lowest BCUT2D eigenvalue weighted by molar-refractivity contribution is 0.0240. The van der Waals surface area contributed by atoms with Gasteiger partial charge in [-0.15, -0.1) is 0 Å². The van der Waals surface area contributed by atoms with E-state index in [4.69, 9.17) is 9.47 Å². The summed E-state index contributed by atoms with van der Waals surface area (Å²) in [5, 5.41) is 0. The maximum absolute atomic E-state index is 13.8. The van der Waals surface area contributed by atoms with E-state index in [1.807, 2.05) is 74.2 Å². The molecule has 7 heteroatoms. The first-order valence-electron chi connectivity index (χ1n) is 15.1. The third-order valence-electron chi connectivity index (χ3n) is 8.22. The van der Waals surface area contributed by atoms with Gasteiger partial charge in [-0.1, -0.05) is 72.8 Å². The molecule has 222 valence electrons. The van der Waals surface area contributed by atoms with Gasteiger partial charge in [0.05, 0.1) is 6.04 Å². The summed E-state index contributed by atoms with van der Waals surface area (Å²) in [5.74, 6) is 0. The molecule has 7 nitrogen and oxygen atoms in total. The topological polar surface area (TPSA) is 62.3 Å². The lowest BCUT2D eigenvalue weighted by Crippen LogP contribution is -2.50. The van der Waals surface area contributed by atoms with Gasteiger partial charge < -0.3 is 19.3 Å². The van der Waals surface area contributed by atoms with Crippen molar-refractivity contribution < 1.29 is 19.1 Å². The molecule has 0 N–H and O–H groups in total. The third-order valence-corrected chi connectivity index (χ3v) is 8.22. The van der Waals surface area contributed by atoms with Gasteiger partial charge in [0.15, 0.2) is 0 Å². The summed E-state index contributed by atoms with van der Waals surface area (Å²) >= 11 is 0. The number of hydrogen-bond acceptors (Lipinski definition) is 5. The minimum Gasteiger partial charge on any atom is -0.445 e. The smallest absolute Gasteiger partial charge is 0.410 e. The largest absolute Gasteiger partial charge is 0.445 e. The van der Waals surface area contributed by atoms with Gasteiger partial charge in [0.25, 0.3) is 0 Å². The molecule has 0 saturated carbocycles. The average molecular weight is 570 g/mol. The van der Waals surface area contributed by atoms with Crippen LogP contribution in [-0.4, -0.2) is 59.8 Å². The Labute approximate surface area is 250 Å². The molecule has 1 heterocycles. The van der Waals surface area contributed by atoms with Crippen LogP contribution in [0.1, 0.15) is 62.4 Å².